The minimum Gasteiger partial charge on any atom is -0.490 e. The van der Waals surface area contributed by atoms with Crippen molar-refractivity contribution in [2.24, 2.45) is 5.10 Å². The Labute approximate surface area is 210 Å². The second-order valence-electron chi connectivity index (χ2n) is 7.32. The first-order valence-electron chi connectivity index (χ1n) is 10.5. The number of para-hydroxylation sites is 1. The van der Waals surface area contributed by atoms with Crippen molar-refractivity contribution in [2.75, 3.05) is 11.6 Å². The summed E-state index contributed by atoms with van der Waals surface area (Å²) in [5.41, 5.74) is 3.73. The topological polar surface area (TPSA) is 51.1 Å². The molecule has 0 radical (unpaired) electrons. The van der Waals surface area contributed by atoms with E-state index < -0.39 is 0 Å². The predicted octanol–water partition coefficient (Wildman–Crippen LogP) is 7.00. The highest BCUT2D eigenvalue weighted by atomic mass is 79.9. The number of rotatable bonds is 7. The lowest BCUT2D eigenvalue weighted by Gasteiger charge is -2.17. The molecule has 33 heavy (non-hydrogen) atoms. The van der Waals surface area contributed by atoms with Crippen LogP contribution in [0.4, 0.5) is 5.69 Å². The first kappa shape index (κ1) is 23.3. The summed E-state index contributed by atoms with van der Waals surface area (Å²) in [5.74, 6) is 1.02. The summed E-state index contributed by atoms with van der Waals surface area (Å²) in [6.07, 6.45) is 1.82. The SMILES string of the molecule is CCOc1cc(C=C2C(=O)N(c3ccccc3)N=C2C)c(Br)c(Br)c1OCc1ccccc1. The third-order valence-corrected chi connectivity index (χ3v) is 7.19. The number of amides is 1. The van der Waals surface area contributed by atoms with Gasteiger partial charge in [-0.15, -0.1) is 0 Å². The van der Waals surface area contributed by atoms with Crippen molar-refractivity contribution in [2.45, 2.75) is 20.5 Å². The lowest BCUT2D eigenvalue weighted by molar-refractivity contribution is -0.114. The van der Waals surface area contributed by atoms with Crippen molar-refractivity contribution in [3.05, 3.63) is 92.4 Å². The summed E-state index contributed by atoms with van der Waals surface area (Å²) >= 11 is 7.30. The average molecular weight is 570 g/mol. The van der Waals surface area contributed by atoms with Crippen molar-refractivity contribution >= 4 is 55.2 Å². The van der Waals surface area contributed by atoms with Crippen LogP contribution in [0.5, 0.6) is 11.5 Å². The molecule has 0 fully saturated rings. The summed E-state index contributed by atoms with van der Waals surface area (Å²) in [4.78, 5) is 13.1. The standard InChI is InChI=1S/C26H22Br2N2O3/c1-3-32-22-15-19(23(27)24(28)25(22)33-16-18-10-6-4-7-11-18)14-21-17(2)29-30(26(21)31)20-12-8-5-9-13-20/h4-15H,3,16H2,1-2H3. The fourth-order valence-corrected chi connectivity index (χ4v) is 4.37. The molecule has 1 amide bonds. The largest absolute Gasteiger partial charge is 0.490 e. The number of carbonyl (C=O) groups excluding carboxylic acids is 1. The van der Waals surface area contributed by atoms with Crippen molar-refractivity contribution in [1.29, 1.82) is 0 Å². The molecule has 0 N–H and O–H groups in total. The van der Waals surface area contributed by atoms with Crippen molar-refractivity contribution < 1.29 is 14.3 Å². The summed E-state index contributed by atoms with van der Waals surface area (Å²) in [5, 5.41) is 5.88. The van der Waals surface area contributed by atoms with Crippen LogP contribution in [-0.2, 0) is 11.4 Å². The fraction of sp³-hybridized carbons (Fsp3) is 0.154. The van der Waals surface area contributed by atoms with Gasteiger partial charge < -0.3 is 9.47 Å². The molecular formula is C26H22Br2N2O3. The number of halogens is 2. The molecule has 0 unspecified atom stereocenters. The molecule has 1 heterocycles. The number of ether oxygens (including phenoxy) is 2. The quantitative estimate of drug-likeness (QED) is 0.288. The third-order valence-electron chi connectivity index (χ3n) is 5.04. The van der Waals surface area contributed by atoms with E-state index in [0.29, 0.717) is 36.0 Å². The van der Waals surface area contributed by atoms with Crippen LogP contribution in [-0.4, -0.2) is 18.2 Å². The molecule has 0 atom stereocenters. The van der Waals surface area contributed by atoms with E-state index in [0.717, 1.165) is 25.8 Å². The van der Waals surface area contributed by atoms with E-state index >= 15 is 0 Å². The van der Waals surface area contributed by atoms with Crippen LogP contribution >= 0.6 is 31.9 Å². The first-order valence-corrected chi connectivity index (χ1v) is 12.1. The van der Waals surface area contributed by atoms with Crippen LogP contribution in [0.15, 0.2) is 86.3 Å². The van der Waals surface area contributed by atoms with Gasteiger partial charge in [0.2, 0.25) is 0 Å². The number of hydrogen-bond donors (Lipinski definition) is 0. The monoisotopic (exact) mass is 568 g/mol. The molecule has 3 aromatic carbocycles. The zero-order valence-electron chi connectivity index (χ0n) is 18.2. The van der Waals surface area contributed by atoms with Crippen LogP contribution in [0.1, 0.15) is 25.0 Å². The third kappa shape index (κ3) is 5.04. The number of hydrogen-bond acceptors (Lipinski definition) is 4. The molecule has 168 valence electrons. The highest BCUT2D eigenvalue weighted by Crippen LogP contribution is 2.44. The maximum absolute atomic E-state index is 13.1. The Morgan fingerprint density at radius 1 is 0.970 bits per heavy atom. The Kier molecular flexibility index (Phi) is 7.30. The molecule has 3 aromatic rings. The highest BCUT2D eigenvalue weighted by molar-refractivity contribution is 9.13. The van der Waals surface area contributed by atoms with Gasteiger partial charge in [-0.1, -0.05) is 48.5 Å². The maximum atomic E-state index is 13.1. The Morgan fingerprint density at radius 2 is 1.64 bits per heavy atom. The fourth-order valence-electron chi connectivity index (χ4n) is 3.42. The second kappa shape index (κ2) is 10.4. The summed E-state index contributed by atoms with van der Waals surface area (Å²) < 4.78 is 13.5. The van der Waals surface area contributed by atoms with E-state index in [4.69, 9.17) is 9.47 Å². The number of carbonyl (C=O) groups is 1. The van der Waals surface area contributed by atoms with E-state index in [2.05, 4.69) is 37.0 Å². The van der Waals surface area contributed by atoms with Gasteiger partial charge in [-0.25, -0.2) is 0 Å². The Balaban J connectivity index is 1.67. The van der Waals surface area contributed by atoms with Gasteiger partial charge in [0.1, 0.15) is 6.61 Å². The molecule has 1 aliphatic heterocycles. The van der Waals surface area contributed by atoms with Gasteiger partial charge in [0.15, 0.2) is 11.5 Å². The average Bonchev–Trinajstić information content (AvgIpc) is 3.11. The normalized spacial score (nSPS) is 14.5. The van der Waals surface area contributed by atoms with Gasteiger partial charge in [0.25, 0.3) is 5.91 Å². The van der Waals surface area contributed by atoms with Crippen LogP contribution in [0.25, 0.3) is 6.08 Å². The lowest BCUT2D eigenvalue weighted by Crippen LogP contribution is -2.21. The molecule has 0 saturated heterocycles. The summed E-state index contributed by atoms with van der Waals surface area (Å²) in [6, 6.07) is 21.2. The molecule has 0 saturated carbocycles. The van der Waals surface area contributed by atoms with Crippen LogP contribution in [0, 0.1) is 0 Å². The van der Waals surface area contributed by atoms with Crippen LogP contribution < -0.4 is 14.5 Å². The lowest BCUT2D eigenvalue weighted by atomic mass is 10.1. The van der Waals surface area contributed by atoms with Crippen molar-refractivity contribution in [1.82, 2.24) is 0 Å². The van der Waals surface area contributed by atoms with E-state index in [-0.39, 0.29) is 5.91 Å². The molecule has 7 heteroatoms. The number of hydrazone groups is 1. The van der Waals surface area contributed by atoms with Gasteiger partial charge >= 0.3 is 0 Å². The molecule has 0 bridgehead atoms. The molecule has 1 aliphatic rings. The summed E-state index contributed by atoms with van der Waals surface area (Å²) in [7, 11) is 0. The Morgan fingerprint density at radius 3 is 2.30 bits per heavy atom. The van der Waals surface area contributed by atoms with Gasteiger partial charge in [-0.2, -0.15) is 10.1 Å². The Hall–Kier alpha value is -2.90. The van der Waals surface area contributed by atoms with E-state index in [9.17, 15) is 4.79 Å². The molecule has 5 nitrogen and oxygen atoms in total. The van der Waals surface area contributed by atoms with Gasteiger partial charge in [0, 0.05) is 4.47 Å². The van der Waals surface area contributed by atoms with E-state index in [1.807, 2.05) is 86.7 Å². The number of anilines is 1. The smallest absolute Gasteiger partial charge is 0.280 e. The first-order chi connectivity index (χ1) is 16.0. The molecule has 0 spiro atoms. The minimum atomic E-state index is -0.177. The molecule has 4 rings (SSSR count). The second-order valence-corrected chi connectivity index (χ2v) is 8.91. The number of nitrogens with zero attached hydrogens (tertiary/aromatic N) is 2. The van der Waals surface area contributed by atoms with Gasteiger partial charge in [-0.05, 0) is 81.1 Å². The minimum absolute atomic E-state index is 0.177. The predicted molar refractivity (Wildman–Crippen MR) is 139 cm³/mol. The summed E-state index contributed by atoms with van der Waals surface area (Å²) in [6.45, 7) is 4.64. The van der Waals surface area contributed by atoms with Crippen molar-refractivity contribution in [3.63, 3.8) is 0 Å². The zero-order chi connectivity index (χ0) is 23.4. The van der Waals surface area contributed by atoms with E-state index in [1.54, 1.807) is 0 Å². The van der Waals surface area contributed by atoms with Gasteiger partial charge in [0.05, 0.1) is 28.1 Å². The van der Waals surface area contributed by atoms with E-state index in [1.165, 1.54) is 5.01 Å². The molecular weight excluding hydrogens is 548 g/mol. The maximum Gasteiger partial charge on any atom is 0.280 e. The van der Waals surface area contributed by atoms with Crippen LogP contribution in [0.2, 0.25) is 0 Å². The highest BCUT2D eigenvalue weighted by Gasteiger charge is 2.29. The Bertz CT molecular complexity index is 1230. The molecule has 0 aromatic heterocycles. The van der Waals surface area contributed by atoms with Crippen LogP contribution in [0.3, 0.4) is 0 Å². The van der Waals surface area contributed by atoms with Gasteiger partial charge in [-0.3, -0.25) is 4.79 Å². The number of benzene rings is 3. The zero-order valence-corrected chi connectivity index (χ0v) is 21.4. The van der Waals surface area contributed by atoms with Crippen molar-refractivity contribution in [3.8, 4) is 11.5 Å². The molecule has 0 aliphatic carbocycles.